The maximum Gasteiger partial charge on any atom is 0.231 e. The maximum atomic E-state index is 12.7. The molecule has 4 nitrogen and oxygen atoms in total. The number of carbonyl (C=O) groups is 1. The van der Waals surface area contributed by atoms with Crippen LogP contribution in [0.25, 0.3) is 0 Å². The van der Waals surface area contributed by atoms with Gasteiger partial charge < -0.3 is 15.4 Å². The molecule has 0 aromatic heterocycles. The van der Waals surface area contributed by atoms with Crippen molar-refractivity contribution in [3.63, 3.8) is 0 Å². The first-order valence-corrected chi connectivity index (χ1v) is 7.37. The second-order valence-corrected chi connectivity index (χ2v) is 5.31. The molecule has 1 aliphatic heterocycles. The number of nitrogens with zero attached hydrogens (tertiary/aromatic N) is 1. The Morgan fingerprint density at radius 3 is 2.75 bits per heavy atom. The van der Waals surface area contributed by atoms with Crippen molar-refractivity contribution in [2.75, 3.05) is 32.8 Å². The smallest absolute Gasteiger partial charge is 0.231 e. The van der Waals surface area contributed by atoms with Gasteiger partial charge in [0.05, 0.1) is 12.5 Å². The average molecular weight is 276 g/mol. The molecular formula is C16H24N2O2. The fraction of sp³-hybridized carbons (Fsp3) is 0.562. The van der Waals surface area contributed by atoms with E-state index in [1.807, 2.05) is 42.2 Å². The minimum absolute atomic E-state index is 0.133. The number of hydrogen-bond acceptors (Lipinski definition) is 3. The maximum absolute atomic E-state index is 12.7. The minimum atomic E-state index is -0.238. The minimum Gasteiger partial charge on any atom is -0.381 e. The molecule has 0 bridgehead atoms. The third-order valence-corrected chi connectivity index (χ3v) is 3.93. The Bertz CT molecular complexity index is 416. The van der Waals surface area contributed by atoms with Crippen molar-refractivity contribution >= 4 is 5.91 Å². The largest absolute Gasteiger partial charge is 0.381 e. The highest BCUT2D eigenvalue weighted by Gasteiger charge is 2.27. The molecule has 1 aromatic rings. The van der Waals surface area contributed by atoms with Crippen LogP contribution in [0, 0.1) is 5.92 Å². The van der Waals surface area contributed by atoms with Crippen molar-refractivity contribution in [3.05, 3.63) is 35.9 Å². The highest BCUT2D eigenvalue weighted by atomic mass is 16.5. The van der Waals surface area contributed by atoms with Crippen LogP contribution in [-0.2, 0) is 9.53 Å². The number of benzene rings is 1. The van der Waals surface area contributed by atoms with Crippen LogP contribution in [-0.4, -0.2) is 43.7 Å². The summed E-state index contributed by atoms with van der Waals surface area (Å²) in [5.41, 5.74) is 6.84. The highest BCUT2D eigenvalue weighted by molar-refractivity contribution is 5.84. The summed E-state index contributed by atoms with van der Waals surface area (Å²) in [7, 11) is 0. The Morgan fingerprint density at radius 1 is 1.45 bits per heavy atom. The van der Waals surface area contributed by atoms with Crippen LogP contribution in [0.1, 0.15) is 24.8 Å². The number of nitrogens with two attached hydrogens (primary N) is 1. The molecule has 110 valence electrons. The van der Waals surface area contributed by atoms with Crippen LogP contribution < -0.4 is 5.73 Å². The van der Waals surface area contributed by atoms with E-state index in [9.17, 15) is 4.79 Å². The summed E-state index contributed by atoms with van der Waals surface area (Å²) in [6.07, 6.45) is 1.04. The van der Waals surface area contributed by atoms with E-state index in [-0.39, 0.29) is 11.8 Å². The first-order chi connectivity index (χ1) is 9.76. The van der Waals surface area contributed by atoms with Crippen molar-refractivity contribution in [1.29, 1.82) is 0 Å². The summed E-state index contributed by atoms with van der Waals surface area (Å²) >= 11 is 0. The standard InChI is InChI=1S/C16H24N2O2/c1-2-18(11-13-8-9-20-12-13)16(19)15(10-17)14-6-4-3-5-7-14/h3-7,13,15H,2,8-12,17H2,1H3. The Labute approximate surface area is 120 Å². The van der Waals surface area contributed by atoms with E-state index >= 15 is 0 Å². The SMILES string of the molecule is CCN(CC1CCOC1)C(=O)C(CN)c1ccccc1. The monoisotopic (exact) mass is 276 g/mol. The van der Waals surface area contributed by atoms with Gasteiger partial charge in [-0.3, -0.25) is 4.79 Å². The van der Waals surface area contributed by atoms with Crippen LogP contribution in [0.4, 0.5) is 0 Å². The van der Waals surface area contributed by atoms with Crippen molar-refractivity contribution in [3.8, 4) is 0 Å². The number of ether oxygens (including phenoxy) is 1. The van der Waals surface area contributed by atoms with E-state index in [4.69, 9.17) is 10.5 Å². The lowest BCUT2D eigenvalue weighted by Crippen LogP contribution is -2.40. The zero-order chi connectivity index (χ0) is 14.4. The second kappa shape index (κ2) is 7.41. The number of amides is 1. The molecule has 2 atom stereocenters. The third-order valence-electron chi connectivity index (χ3n) is 3.93. The lowest BCUT2D eigenvalue weighted by Gasteiger charge is -2.28. The molecule has 1 fully saturated rings. The van der Waals surface area contributed by atoms with Crippen LogP contribution in [0.5, 0.6) is 0 Å². The first-order valence-electron chi connectivity index (χ1n) is 7.37. The Kier molecular flexibility index (Phi) is 5.56. The molecule has 2 N–H and O–H groups in total. The fourth-order valence-corrected chi connectivity index (χ4v) is 2.70. The topological polar surface area (TPSA) is 55.6 Å². The Balaban J connectivity index is 2.05. The van der Waals surface area contributed by atoms with E-state index in [1.165, 1.54) is 0 Å². The molecule has 2 unspecified atom stereocenters. The van der Waals surface area contributed by atoms with E-state index in [1.54, 1.807) is 0 Å². The molecule has 2 rings (SSSR count). The van der Waals surface area contributed by atoms with Gasteiger partial charge in [0.1, 0.15) is 0 Å². The predicted octanol–water partition coefficient (Wildman–Crippen LogP) is 1.61. The summed E-state index contributed by atoms with van der Waals surface area (Å²) in [4.78, 5) is 14.6. The van der Waals surface area contributed by atoms with Gasteiger partial charge in [0.15, 0.2) is 0 Å². The molecule has 0 spiro atoms. The number of hydrogen-bond donors (Lipinski definition) is 1. The van der Waals surface area contributed by atoms with Gasteiger partial charge in [0.2, 0.25) is 5.91 Å². The highest BCUT2D eigenvalue weighted by Crippen LogP contribution is 2.20. The van der Waals surface area contributed by atoms with Crippen molar-refractivity contribution < 1.29 is 9.53 Å². The second-order valence-electron chi connectivity index (χ2n) is 5.31. The zero-order valence-electron chi connectivity index (χ0n) is 12.1. The van der Waals surface area contributed by atoms with E-state index < -0.39 is 0 Å². The van der Waals surface area contributed by atoms with Crippen molar-refractivity contribution in [2.24, 2.45) is 11.7 Å². The fourth-order valence-electron chi connectivity index (χ4n) is 2.70. The molecule has 0 radical (unpaired) electrons. The number of rotatable bonds is 6. The number of likely N-dealkylation sites (N-methyl/N-ethyl adjacent to an activating group) is 1. The molecule has 1 amide bonds. The summed E-state index contributed by atoms with van der Waals surface area (Å²) in [5.74, 6) is 0.361. The molecule has 0 aliphatic carbocycles. The van der Waals surface area contributed by atoms with E-state index in [2.05, 4.69) is 0 Å². The van der Waals surface area contributed by atoms with Crippen LogP contribution in [0.15, 0.2) is 30.3 Å². The van der Waals surface area contributed by atoms with Gasteiger partial charge in [-0.2, -0.15) is 0 Å². The summed E-state index contributed by atoms with van der Waals surface area (Å²) in [6.45, 7) is 5.45. The molecule has 1 saturated heterocycles. The van der Waals surface area contributed by atoms with E-state index in [0.29, 0.717) is 12.5 Å². The van der Waals surface area contributed by atoms with Crippen LogP contribution in [0.2, 0.25) is 0 Å². The number of carbonyl (C=O) groups excluding carboxylic acids is 1. The summed E-state index contributed by atoms with van der Waals surface area (Å²) < 4.78 is 5.39. The van der Waals surface area contributed by atoms with Crippen LogP contribution in [0.3, 0.4) is 0 Å². The molecule has 0 saturated carbocycles. The van der Waals surface area contributed by atoms with Gasteiger partial charge in [-0.25, -0.2) is 0 Å². The molecule has 1 aromatic carbocycles. The summed E-state index contributed by atoms with van der Waals surface area (Å²) in [5, 5.41) is 0. The lowest BCUT2D eigenvalue weighted by atomic mass is 9.97. The van der Waals surface area contributed by atoms with Gasteiger partial charge in [0.25, 0.3) is 0 Å². The summed E-state index contributed by atoms with van der Waals surface area (Å²) in [6, 6.07) is 9.80. The van der Waals surface area contributed by atoms with Gasteiger partial charge >= 0.3 is 0 Å². The Morgan fingerprint density at radius 2 is 2.20 bits per heavy atom. The first kappa shape index (κ1) is 15.0. The van der Waals surface area contributed by atoms with Crippen LogP contribution >= 0.6 is 0 Å². The zero-order valence-corrected chi connectivity index (χ0v) is 12.1. The average Bonchev–Trinajstić information content (AvgIpc) is 2.99. The Hall–Kier alpha value is -1.39. The molecule has 20 heavy (non-hydrogen) atoms. The molecule has 4 heteroatoms. The quantitative estimate of drug-likeness (QED) is 0.859. The molecular weight excluding hydrogens is 252 g/mol. The van der Waals surface area contributed by atoms with Gasteiger partial charge in [0, 0.05) is 32.2 Å². The lowest BCUT2D eigenvalue weighted by molar-refractivity contribution is -0.133. The van der Waals surface area contributed by atoms with Gasteiger partial charge in [-0.05, 0) is 18.9 Å². The van der Waals surface area contributed by atoms with Gasteiger partial charge in [-0.15, -0.1) is 0 Å². The van der Waals surface area contributed by atoms with Crippen molar-refractivity contribution in [1.82, 2.24) is 4.90 Å². The van der Waals surface area contributed by atoms with E-state index in [0.717, 1.165) is 38.3 Å². The normalized spacial score (nSPS) is 19.8. The molecule has 1 heterocycles. The molecule has 1 aliphatic rings. The predicted molar refractivity (Wildman–Crippen MR) is 79.4 cm³/mol. The third kappa shape index (κ3) is 3.58. The van der Waals surface area contributed by atoms with Gasteiger partial charge in [-0.1, -0.05) is 30.3 Å². The van der Waals surface area contributed by atoms with Crippen molar-refractivity contribution in [2.45, 2.75) is 19.3 Å².